The van der Waals surface area contributed by atoms with Gasteiger partial charge in [-0.25, -0.2) is 15.0 Å². The van der Waals surface area contributed by atoms with Crippen molar-refractivity contribution in [2.24, 2.45) is 21.0 Å². The zero-order valence-electron chi connectivity index (χ0n) is 21.3. The van der Waals surface area contributed by atoms with Crippen LogP contribution in [0.25, 0.3) is 11.1 Å². The Balaban J connectivity index is 1.24. The molecular weight excluding hydrogens is 500 g/mol. The number of fused-ring (bicyclic) bond motifs is 2. The molecule has 0 bridgehead atoms. The molecule has 0 radical (unpaired) electrons. The Morgan fingerprint density at radius 3 is 2.95 bits per heavy atom. The normalized spacial score (nSPS) is 22.8. The molecule has 0 spiro atoms. The summed E-state index contributed by atoms with van der Waals surface area (Å²) < 4.78 is 11.2. The summed E-state index contributed by atoms with van der Waals surface area (Å²) in [5, 5.41) is 22.9. The van der Waals surface area contributed by atoms with E-state index in [0.717, 1.165) is 46.6 Å². The van der Waals surface area contributed by atoms with Gasteiger partial charge >= 0.3 is 0 Å². The second kappa shape index (κ2) is 10.2. The van der Waals surface area contributed by atoms with E-state index in [4.69, 9.17) is 24.9 Å². The van der Waals surface area contributed by atoms with Gasteiger partial charge in [0, 0.05) is 18.6 Å². The third-order valence-corrected chi connectivity index (χ3v) is 6.93. The van der Waals surface area contributed by atoms with Crippen molar-refractivity contribution in [2.45, 2.75) is 44.9 Å². The summed E-state index contributed by atoms with van der Waals surface area (Å²) in [5.74, 6) is 1.62. The first kappa shape index (κ1) is 24.6. The van der Waals surface area contributed by atoms with E-state index in [-0.39, 0.29) is 43.5 Å². The number of aliphatic imine (C=N–C) groups is 2. The number of imide groups is 1. The SMILES string of the molecule is Cc1cc(-c2ccccc2CN=C2NC(=NC3CC3)N3N=CC(CC(=N)C(=O)NC=O)C3N2)cc2c1OCO2. The summed E-state index contributed by atoms with van der Waals surface area (Å²) in [4.78, 5) is 32.2. The number of hydrazone groups is 1. The fourth-order valence-corrected chi connectivity index (χ4v) is 4.82. The number of guanidine groups is 2. The molecule has 12 nitrogen and oxygen atoms in total. The molecule has 2 aromatic carbocycles. The van der Waals surface area contributed by atoms with Crippen LogP contribution in [-0.4, -0.2) is 60.2 Å². The number of aryl methyl sites for hydroxylation is 1. The van der Waals surface area contributed by atoms with Gasteiger partial charge in [-0.3, -0.25) is 25.6 Å². The van der Waals surface area contributed by atoms with Gasteiger partial charge in [0.15, 0.2) is 17.5 Å². The number of benzene rings is 2. The summed E-state index contributed by atoms with van der Waals surface area (Å²) in [7, 11) is 0. The highest BCUT2D eigenvalue weighted by Crippen LogP contribution is 2.40. The second-order valence-corrected chi connectivity index (χ2v) is 9.79. The fourth-order valence-electron chi connectivity index (χ4n) is 4.82. The molecule has 4 aliphatic rings. The molecule has 6 rings (SSSR count). The average molecular weight is 529 g/mol. The molecule has 2 amide bonds. The Kier molecular flexibility index (Phi) is 6.43. The van der Waals surface area contributed by atoms with E-state index < -0.39 is 5.91 Å². The Morgan fingerprint density at radius 2 is 2.13 bits per heavy atom. The number of nitrogens with one attached hydrogen (secondary N) is 4. The van der Waals surface area contributed by atoms with Crippen LogP contribution >= 0.6 is 0 Å². The third-order valence-electron chi connectivity index (χ3n) is 6.93. The van der Waals surface area contributed by atoms with Crippen molar-refractivity contribution in [3.63, 3.8) is 0 Å². The highest BCUT2D eigenvalue weighted by atomic mass is 16.7. The Morgan fingerprint density at radius 1 is 1.28 bits per heavy atom. The number of nitrogens with zero attached hydrogens (tertiary/aromatic N) is 4. The van der Waals surface area contributed by atoms with Gasteiger partial charge in [-0.1, -0.05) is 24.3 Å². The zero-order valence-corrected chi connectivity index (χ0v) is 21.3. The molecule has 2 atom stereocenters. The van der Waals surface area contributed by atoms with Gasteiger partial charge in [0.05, 0.1) is 18.3 Å². The van der Waals surface area contributed by atoms with Crippen LogP contribution < -0.4 is 25.4 Å². The standard InChI is InChI=1S/C27H28N8O4/c1-15-8-17(10-22-23(15)39-14-38-22)20-5-3-2-4-16(20)11-29-26-33-24-18(9-21(28)25(37)30-13-36)12-31-35(24)27(34-26)32-19-6-7-19/h2-5,8,10,12-13,18-19,24,28H,6-7,9,11,14H2,1H3,(H,30,36,37)(H2,29,32,33,34). The average Bonchev–Trinajstić information content (AvgIpc) is 3.45. The van der Waals surface area contributed by atoms with E-state index in [2.05, 4.69) is 27.9 Å². The summed E-state index contributed by atoms with van der Waals surface area (Å²) in [5.41, 5.74) is 3.91. The van der Waals surface area contributed by atoms with E-state index in [0.29, 0.717) is 18.5 Å². The van der Waals surface area contributed by atoms with Crippen molar-refractivity contribution in [2.75, 3.05) is 6.79 Å². The number of hydrogen-bond acceptors (Lipinski definition) is 8. The molecule has 200 valence electrons. The number of amides is 2. The van der Waals surface area contributed by atoms with Crippen LogP contribution in [0.4, 0.5) is 0 Å². The van der Waals surface area contributed by atoms with Crippen LogP contribution in [0.3, 0.4) is 0 Å². The van der Waals surface area contributed by atoms with Gasteiger partial charge in [0.2, 0.25) is 19.2 Å². The van der Waals surface area contributed by atoms with Crippen molar-refractivity contribution in [3.8, 4) is 22.6 Å². The topological polar surface area (TPSA) is 153 Å². The first-order chi connectivity index (χ1) is 19.0. The molecule has 3 aliphatic heterocycles. The second-order valence-electron chi connectivity index (χ2n) is 9.79. The molecule has 4 N–H and O–H groups in total. The van der Waals surface area contributed by atoms with Crippen molar-refractivity contribution in [1.29, 1.82) is 5.41 Å². The molecule has 12 heteroatoms. The lowest BCUT2D eigenvalue weighted by Crippen LogP contribution is -2.63. The molecule has 1 saturated heterocycles. The maximum atomic E-state index is 11.9. The smallest absolute Gasteiger partial charge is 0.271 e. The van der Waals surface area contributed by atoms with E-state index in [9.17, 15) is 9.59 Å². The summed E-state index contributed by atoms with van der Waals surface area (Å²) in [6.45, 7) is 2.62. The number of hydrogen-bond donors (Lipinski definition) is 4. The lowest BCUT2D eigenvalue weighted by molar-refractivity contribution is -0.120. The first-order valence-electron chi connectivity index (χ1n) is 12.8. The molecule has 1 aliphatic carbocycles. The highest BCUT2D eigenvalue weighted by Gasteiger charge is 2.40. The Labute approximate surface area is 224 Å². The van der Waals surface area contributed by atoms with Crippen molar-refractivity contribution < 1.29 is 19.1 Å². The quantitative estimate of drug-likeness (QED) is 0.301. The summed E-state index contributed by atoms with van der Waals surface area (Å²) >= 11 is 0. The van der Waals surface area contributed by atoms with Gasteiger partial charge in [0.25, 0.3) is 5.91 Å². The predicted molar refractivity (Wildman–Crippen MR) is 145 cm³/mol. The van der Waals surface area contributed by atoms with Gasteiger partial charge in [-0.15, -0.1) is 0 Å². The molecule has 39 heavy (non-hydrogen) atoms. The lowest BCUT2D eigenvalue weighted by Gasteiger charge is -2.35. The Bertz CT molecular complexity index is 1430. The molecule has 2 unspecified atom stereocenters. The summed E-state index contributed by atoms with van der Waals surface area (Å²) in [6, 6.07) is 12.4. The summed E-state index contributed by atoms with van der Waals surface area (Å²) in [6.07, 6.45) is 3.75. The van der Waals surface area contributed by atoms with Gasteiger partial charge in [-0.2, -0.15) is 5.10 Å². The highest BCUT2D eigenvalue weighted by molar-refractivity contribution is 6.39. The number of rotatable bonds is 8. The lowest BCUT2D eigenvalue weighted by atomic mass is 9.97. The van der Waals surface area contributed by atoms with Gasteiger partial charge < -0.3 is 14.8 Å². The van der Waals surface area contributed by atoms with Crippen LogP contribution in [0.15, 0.2) is 51.5 Å². The monoisotopic (exact) mass is 528 g/mol. The molecule has 2 aromatic rings. The minimum atomic E-state index is -0.720. The van der Waals surface area contributed by atoms with Crippen LogP contribution in [0.1, 0.15) is 30.4 Å². The number of ether oxygens (including phenoxy) is 2. The van der Waals surface area contributed by atoms with E-state index in [1.807, 2.05) is 36.5 Å². The fraction of sp³-hybridized carbons (Fsp3) is 0.333. The van der Waals surface area contributed by atoms with Gasteiger partial charge in [0.1, 0.15) is 6.17 Å². The third kappa shape index (κ3) is 5.05. The molecule has 3 heterocycles. The Hall–Kier alpha value is -4.74. The van der Waals surface area contributed by atoms with Crippen LogP contribution in [-0.2, 0) is 16.1 Å². The number of carbonyl (C=O) groups excluding carboxylic acids is 2. The molecule has 1 saturated carbocycles. The zero-order chi connectivity index (χ0) is 26.9. The minimum Gasteiger partial charge on any atom is -0.454 e. The molecular formula is C27H28N8O4. The van der Waals surface area contributed by atoms with Crippen molar-refractivity contribution >= 4 is 36.2 Å². The van der Waals surface area contributed by atoms with Gasteiger partial charge in [-0.05, 0) is 54.2 Å². The largest absolute Gasteiger partial charge is 0.454 e. The van der Waals surface area contributed by atoms with Crippen molar-refractivity contribution in [1.82, 2.24) is 21.0 Å². The minimum absolute atomic E-state index is 0.105. The predicted octanol–water partition coefficient (Wildman–Crippen LogP) is 1.88. The van der Waals surface area contributed by atoms with E-state index in [1.54, 1.807) is 11.2 Å². The van der Waals surface area contributed by atoms with Crippen molar-refractivity contribution in [3.05, 3.63) is 47.5 Å². The van der Waals surface area contributed by atoms with Crippen LogP contribution in [0.2, 0.25) is 0 Å². The van der Waals surface area contributed by atoms with E-state index >= 15 is 0 Å². The molecule has 2 fully saturated rings. The maximum Gasteiger partial charge on any atom is 0.271 e. The van der Waals surface area contributed by atoms with Crippen LogP contribution in [0.5, 0.6) is 11.5 Å². The van der Waals surface area contributed by atoms with E-state index in [1.165, 1.54) is 0 Å². The molecule has 0 aromatic heterocycles. The first-order valence-corrected chi connectivity index (χ1v) is 12.8. The maximum absolute atomic E-state index is 11.9. The van der Waals surface area contributed by atoms with Crippen LogP contribution in [0, 0.1) is 18.3 Å². The number of carbonyl (C=O) groups is 2.